The number of sulfonamides is 1. The monoisotopic (exact) mass is 422 g/mol. The molecule has 0 aliphatic carbocycles. The van der Waals surface area contributed by atoms with Gasteiger partial charge in [0, 0.05) is 6.07 Å². The number of anilines is 1. The van der Waals surface area contributed by atoms with Gasteiger partial charge in [-0.2, -0.15) is 5.10 Å². The number of carbonyl (C=O) groups excluding carboxylic acids is 2. The lowest BCUT2D eigenvalue weighted by Crippen LogP contribution is -2.22. The molecule has 0 aliphatic heterocycles. The van der Waals surface area contributed by atoms with Crippen LogP contribution in [-0.4, -0.2) is 36.7 Å². The Morgan fingerprint density at radius 2 is 1.93 bits per heavy atom. The molecule has 3 rings (SSSR count). The molecule has 10 nitrogen and oxygen atoms in total. The normalized spacial score (nSPS) is 11.3. The number of nitrogens with zero attached hydrogens (tertiary/aromatic N) is 2. The van der Waals surface area contributed by atoms with E-state index in [2.05, 4.69) is 10.4 Å². The number of benzene rings is 1. The highest BCUT2D eigenvalue weighted by molar-refractivity contribution is 7.89. The van der Waals surface area contributed by atoms with E-state index in [0.29, 0.717) is 11.4 Å². The van der Waals surface area contributed by atoms with Gasteiger partial charge in [0.15, 0.2) is 6.61 Å². The van der Waals surface area contributed by atoms with Crippen molar-refractivity contribution in [2.24, 2.45) is 5.14 Å². The van der Waals surface area contributed by atoms with Gasteiger partial charge in [0.05, 0.1) is 11.4 Å². The molecular weight excluding hydrogens is 407 g/mol. The molecule has 0 spiro atoms. The molecule has 0 unspecified atom stereocenters. The van der Waals surface area contributed by atoms with Gasteiger partial charge in [0.25, 0.3) is 15.9 Å². The minimum absolute atomic E-state index is 0.282. The van der Waals surface area contributed by atoms with Crippen LogP contribution < -0.4 is 10.5 Å². The molecular formula is C17H15FN4O6S. The summed E-state index contributed by atoms with van der Waals surface area (Å²) in [6.45, 7) is 1.04. The van der Waals surface area contributed by atoms with Crippen molar-refractivity contribution in [3.05, 3.63) is 59.7 Å². The SMILES string of the molecule is Cc1cc(NC(=O)COC(=O)c2ccc(S(N)(=O)=O)o2)n(-c2ccc(F)cc2)n1. The van der Waals surface area contributed by atoms with Crippen molar-refractivity contribution in [2.75, 3.05) is 11.9 Å². The Kier molecular flexibility index (Phi) is 5.48. The Balaban J connectivity index is 1.65. The van der Waals surface area contributed by atoms with Crippen LogP contribution in [0.4, 0.5) is 10.2 Å². The second-order valence-electron chi connectivity index (χ2n) is 5.85. The second kappa shape index (κ2) is 7.85. The zero-order chi connectivity index (χ0) is 21.2. The fourth-order valence-corrected chi connectivity index (χ4v) is 2.80. The van der Waals surface area contributed by atoms with Crippen LogP contribution in [0.1, 0.15) is 16.2 Å². The molecule has 0 radical (unpaired) electrons. The molecule has 12 heteroatoms. The van der Waals surface area contributed by atoms with Gasteiger partial charge in [0.2, 0.25) is 10.9 Å². The zero-order valence-electron chi connectivity index (χ0n) is 15.0. The van der Waals surface area contributed by atoms with Crippen molar-refractivity contribution in [1.29, 1.82) is 0 Å². The van der Waals surface area contributed by atoms with Crippen LogP contribution in [0.25, 0.3) is 5.69 Å². The lowest BCUT2D eigenvalue weighted by Gasteiger charge is -2.09. The maximum atomic E-state index is 13.1. The molecule has 29 heavy (non-hydrogen) atoms. The number of furan rings is 1. The third-order valence-corrected chi connectivity index (χ3v) is 4.35. The van der Waals surface area contributed by atoms with Crippen molar-refractivity contribution < 1.29 is 31.6 Å². The number of carbonyl (C=O) groups is 2. The van der Waals surface area contributed by atoms with E-state index in [1.165, 1.54) is 28.9 Å². The lowest BCUT2D eigenvalue weighted by atomic mass is 10.3. The lowest BCUT2D eigenvalue weighted by molar-refractivity contribution is -0.119. The van der Waals surface area contributed by atoms with Crippen molar-refractivity contribution in [3.8, 4) is 5.69 Å². The smallest absolute Gasteiger partial charge is 0.374 e. The van der Waals surface area contributed by atoms with Crippen LogP contribution >= 0.6 is 0 Å². The Hall–Kier alpha value is -3.51. The Morgan fingerprint density at radius 1 is 1.24 bits per heavy atom. The molecule has 0 saturated heterocycles. The van der Waals surface area contributed by atoms with Crippen LogP contribution in [0.15, 0.2) is 52.0 Å². The number of aromatic nitrogens is 2. The van der Waals surface area contributed by atoms with Gasteiger partial charge in [-0.15, -0.1) is 0 Å². The Bertz CT molecular complexity index is 1170. The predicted molar refractivity (Wildman–Crippen MR) is 97.3 cm³/mol. The van der Waals surface area contributed by atoms with Crippen LogP contribution in [0.5, 0.6) is 0 Å². The molecule has 1 amide bonds. The first-order valence-corrected chi connectivity index (χ1v) is 9.60. The van der Waals surface area contributed by atoms with E-state index in [0.717, 1.165) is 12.1 Å². The third kappa shape index (κ3) is 4.86. The molecule has 1 aromatic carbocycles. The summed E-state index contributed by atoms with van der Waals surface area (Å²) in [4.78, 5) is 24.0. The molecule has 0 fully saturated rings. The fourth-order valence-electron chi connectivity index (χ4n) is 2.33. The predicted octanol–water partition coefficient (Wildman–Crippen LogP) is 1.36. The number of hydrogen-bond acceptors (Lipinski definition) is 7. The minimum atomic E-state index is -4.11. The number of amides is 1. The number of nitrogens with two attached hydrogens (primary N) is 1. The van der Waals surface area contributed by atoms with Gasteiger partial charge < -0.3 is 14.5 Å². The van der Waals surface area contributed by atoms with Crippen LogP contribution in [-0.2, 0) is 19.6 Å². The molecule has 0 bridgehead atoms. The summed E-state index contributed by atoms with van der Waals surface area (Å²) in [6, 6.07) is 9.10. The van der Waals surface area contributed by atoms with Crippen LogP contribution in [0.2, 0.25) is 0 Å². The number of esters is 1. The van der Waals surface area contributed by atoms with Gasteiger partial charge >= 0.3 is 5.97 Å². The van der Waals surface area contributed by atoms with Gasteiger partial charge in [-0.3, -0.25) is 4.79 Å². The average molecular weight is 422 g/mol. The molecule has 0 atom stereocenters. The quantitative estimate of drug-likeness (QED) is 0.570. The number of aryl methyl sites for hydroxylation is 1. The average Bonchev–Trinajstić information content (AvgIpc) is 3.27. The molecule has 3 aromatic rings. The van der Waals surface area contributed by atoms with E-state index in [-0.39, 0.29) is 5.82 Å². The number of rotatable bonds is 6. The largest absolute Gasteiger partial charge is 0.450 e. The fraction of sp³-hybridized carbons (Fsp3) is 0.118. The molecule has 2 heterocycles. The standard InChI is InChI=1S/C17H15FN4O6S/c1-10-8-14(22(21-10)12-4-2-11(18)3-5-12)20-15(23)9-27-17(24)13-6-7-16(28-13)29(19,25)26/h2-8H,9H2,1H3,(H,20,23)(H2,19,25,26). The number of halogens is 1. The first-order chi connectivity index (χ1) is 13.6. The topological polar surface area (TPSA) is 147 Å². The van der Waals surface area contributed by atoms with E-state index < -0.39 is 45.2 Å². The highest BCUT2D eigenvalue weighted by Gasteiger charge is 2.20. The number of hydrogen-bond donors (Lipinski definition) is 2. The van der Waals surface area contributed by atoms with Gasteiger partial charge in [0.1, 0.15) is 11.6 Å². The van der Waals surface area contributed by atoms with Crippen LogP contribution in [0.3, 0.4) is 0 Å². The Labute approximate surface area is 164 Å². The minimum Gasteiger partial charge on any atom is -0.450 e. The van der Waals surface area contributed by atoms with Crippen molar-refractivity contribution in [1.82, 2.24) is 9.78 Å². The number of primary sulfonamides is 1. The molecule has 0 aliphatic rings. The van der Waals surface area contributed by atoms with Crippen molar-refractivity contribution in [2.45, 2.75) is 12.0 Å². The van der Waals surface area contributed by atoms with E-state index in [9.17, 15) is 22.4 Å². The van der Waals surface area contributed by atoms with Gasteiger partial charge in [-0.25, -0.2) is 27.4 Å². The number of nitrogens with one attached hydrogen (secondary N) is 1. The molecule has 0 saturated carbocycles. The second-order valence-corrected chi connectivity index (χ2v) is 7.34. The summed E-state index contributed by atoms with van der Waals surface area (Å²) in [5.74, 6) is -2.28. The van der Waals surface area contributed by atoms with Crippen LogP contribution in [0, 0.1) is 12.7 Å². The van der Waals surface area contributed by atoms with Gasteiger partial charge in [-0.05, 0) is 43.3 Å². The summed E-state index contributed by atoms with van der Waals surface area (Å²) in [6.07, 6.45) is 0. The van der Waals surface area contributed by atoms with E-state index in [1.807, 2.05) is 0 Å². The highest BCUT2D eigenvalue weighted by Crippen LogP contribution is 2.18. The first kappa shape index (κ1) is 20.2. The Morgan fingerprint density at radius 3 is 2.55 bits per heavy atom. The van der Waals surface area contributed by atoms with Crippen molar-refractivity contribution in [3.63, 3.8) is 0 Å². The summed E-state index contributed by atoms with van der Waals surface area (Å²) in [7, 11) is -4.11. The summed E-state index contributed by atoms with van der Waals surface area (Å²) in [5.41, 5.74) is 1.10. The van der Waals surface area contributed by atoms with Crippen molar-refractivity contribution >= 4 is 27.7 Å². The summed E-state index contributed by atoms with van der Waals surface area (Å²) < 4.78 is 46.4. The summed E-state index contributed by atoms with van der Waals surface area (Å²) >= 11 is 0. The maximum Gasteiger partial charge on any atom is 0.374 e. The molecule has 2 aromatic heterocycles. The van der Waals surface area contributed by atoms with E-state index in [4.69, 9.17) is 14.3 Å². The van der Waals surface area contributed by atoms with E-state index in [1.54, 1.807) is 13.0 Å². The first-order valence-electron chi connectivity index (χ1n) is 8.06. The number of ether oxygens (including phenoxy) is 1. The molecule has 152 valence electrons. The van der Waals surface area contributed by atoms with E-state index >= 15 is 0 Å². The third-order valence-electron chi connectivity index (χ3n) is 3.57. The molecule has 3 N–H and O–H groups in total. The summed E-state index contributed by atoms with van der Waals surface area (Å²) in [5, 5.41) is 11.0. The highest BCUT2D eigenvalue weighted by atomic mass is 32.2. The zero-order valence-corrected chi connectivity index (χ0v) is 15.8. The maximum absolute atomic E-state index is 13.1. The van der Waals surface area contributed by atoms with Gasteiger partial charge in [-0.1, -0.05) is 0 Å².